The first kappa shape index (κ1) is 23.6. The number of nitrogens with zero attached hydrogens (tertiary/aromatic N) is 3. The van der Waals surface area contributed by atoms with Gasteiger partial charge in [0.15, 0.2) is 0 Å². The van der Waals surface area contributed by atoms with Crippen molar-refractivity contribution in [2.75, 3.05) is 44.6 Å². The van der Waals surface area contributed by atoms with E-state index in [-0.39, 0.29) is 5.41 Å². The molecule has 0 bridgehead atoms. The third-order valence-electron chi connectivity index (χ3n) is 6.73. The van der Waals surface area contributed by atoms with Crippen molar-refractivity contribution in [3.8, 4) is 5.75 Å². The van der Waals surface area contributed by atoms with Crippen LogP contribution in [0.3, 0.4) is 0 Å². The first-order valence-electron chi connectivity index (χ1n) is 11.8. The van der Waals surface area contributed by atoms with Crippen LogP contribution in [0.2, 0.25) is 0 Å². The summed E-state index contributed by atoms with van der Waals surface area (Å²) in [4.78, 5) is 8.98. The van der Waals surface area contributed by atoms with Crippen LogP contribution in [-0.4, -0.2) is 40.5 Å². The number of anilines is 2. The lowest BCUT2D eigenvalue weighted by Gasteiger charge is -2.25. The summed E-state index contributed by atoms with van der Waals surface area (Å²) >= 11 is 0. The Morgan fingerprint density at radius 1 is 1.03 bits per heavy atom. The second-order valence-electron chi connectivity index (χ2n) is 9.47. The van der Waals surface area contributed by atoms with Crippen LogP contribution >= 0.6 is 0 Å². The van der Waals surface area contributed by atoms with Gasteiger partial charge in [-0.25, -0.2) is 0 Å². The fraction of sp³-hybridized carbons (Fsp3) is 0.300. The van der Waals surface area contributed by atoms with Crippen LogP contribution in [0.15, 0.2) is 89.1 Å². The zero-order valence-electron chi connectivity index (χ0n) is 21.4. The smallest absolute Gasteiger partial charge is 0.119 e. The average molecular weight is 454 g/mol. The maximum absolute atomic E-state index is 5.53. The fourth-order valence-corrected chi connectivity index (χ4v) is 4.74. The number of methoxy groups -OCH3 is 1. The molecule has 1 heterocycles. The summed E-state index contributed by atoms with van der Waals surface area (Å²) in [6.07, 6.45) is 10.9. The lowest BCUT2D eigenvalue weighted by molar-refractivity contribution is 0.413. The minimum Gasteiger partial charge on any atom is -0.497 e. The molecule has 0 saturated carbocycles. The third kappa shape index (κ3) is 4.33. The Labute approximate surface area is 204 Å². The topological polar surface area (TPSA) is 28.1 Å². The predicted molar refractivity (Wildman–Crippen MR) is 146 cm³/mol. The van der Waals surface area contributed by atoms with E-state index in [4.69, 9.17) is 4.74 Å². The van der Waals surface area contributed by atoms with Crippen molar-refractivity contribution in [3.63, 3.8) is 0 Å². The number of likely N-dealkylation sites (N-methyl/N-ethyl adjacent to an activating group) is 1. The van der Waals surface area contributed by atoms with Crippen molar-refractivity contribution in [1.29, 1.82) is 0 Å². The monoisotopic (exact) mass is 453 g/mol. The molecule has 0 aromatic heterocycles. The lowest BCUT2D eigenvalue weighted by atomic mass is 9.82. The van der Waals surface area contributed by atoms with Crippen molar-refractivity contribution < 1.29 is 4.74 Å². The molecule has 0 amide bonds. The number of ether oxygens (including phenoxy) is 1. The highest BCUT2D eigenvalue weighted by Gasteiger charge is 2.39. The molecule has 1 aliphatic heterocycles. The maximum atomic E-state index is 5.53. The number of benzene rings is 2. The number of aliphatic imine (C=N–C) groups is 1. The second-order valence-corrected chi connectivity index (χ2v) is 9.47. The van der Waals surface area contributed by atoms with Gasteiger partial charge in [-0.1, -0.05) is 38.1 Å². The molecular weight excluding hydrogens is 418 g/mol. The van der Waals surface area contributed by atoms with Crippen molar-refractivity contribution in [3.05, 3.63) is 95.2 Å². The number of hydrogen-bond donors (Lipinski definition) is 0. The van der Waals surface area contributed by atoms with E-state index in [9.17, 15) is 0 Å². The molecule has 1 aliphatic carbocycles. The Hall–Kier alpha value is -3.53. The van der Waals surface area contributed by atoms with Crippen molar-refractivity contribution in [1.82, 2.24) is 0 Å². The Morgan fingerprint density at radius 3 is 2.29 bits per heavy atom. The summed E-state index contributed by atoms with van der Waals surface area (Å²) in [5.41, 5.74) is 9.35. The molecule has 34 heavy (non-hydrogen) atoms. The van der Waals surface area contributed by atoms with Crippen LogP contribution in [-0.2, 0) is 5.41 Å². The van der Waals surface area contributed by atoms with Crippen LogP contribution in [0.1, 0.15) is 31.9 Å². The van der Waals surface area contributed by atoms with Gasteiger partial charge in [-0.15, -0.1) is 0 Å². The van der Waals surface area contributed by atoms with Gasteiger partial charge in [0.1, 0.15) is 5.75 Å². The molecule has 4 rings (SSSR count). The summed E-state index contributed by atoms with van der Waals surface area (Å²) in [5, 5.41) is 0. The van der Waals surface area contributed by atoms with Crippen LogP contribution in [0.25, 0.3) is 5.57 Å². The maximum Gasteiger partial charge on any atom is 0.119 e. The quantitative estimate of drug-likeness (QED) is 0.523. The first-order valence-corrected chi connectivity index (χ1v) is 11.8. The SMILES string of the molecule is CCN=C1C=CC(=C(C=C2N(C)c3ccc(OC)cc3C2(C)C)c2ccc(N(C)C)cc2)C=C1. The fourth-order valence-electron chi connectivity index (χ4n) is 4.74. The van der Waals surface area contributed by atoms with Gasteiger partial charge in [0.05, 0.1) is 12.8 Å². The second kappa shape index (κ2) is 9.38. The molecule has 4 heteroatoms. The van der Waals surface area contributed by atoms with Crippen LogP contribution in [0.4, 0.5) is 11.4 Å². The molecule has 0 atom stereocenters. The normalized spacial score (nSPS) is 17.3. The van der Waals surface area contributed by atoms with E-state index in [1.54, 1.807) is 7.11 Å². The average Bonchev–Trinajstić information content (AvgIpc) is 3.03. The Kier molecular flexibility index (Phi) is 6.52. The number of hydrogen-bond acceptors (Lipinski definition) is 4. The molecule has 2 aromatic carbocycles. The van der Waals surface area contributed by atoms with Gasteiger partial charge in [0, 0.05) is 50.2 Å². The first-order chi connectivity index (χ1) is 16.3. The lowest BCUT2D eigenvalue weighted by Crippen LogP contribution is -2.23. The number of rotatable bonds is 5. The third-order valence-corrected chi connectivity index (χ3v) is 6.73. The molecular formula is C30H35N3O. The van der Waals surface area contributed by atoms with Gasteiger partial charge in [-0.2, -0.15) is 0 Å². The summed E-state index contributed by atoms with van der Waals surface area (Å²) in [6.45, 7) is 7.42. The van der Waals surface area contributed by atoms with E-state index in [1.807, 2.05) is 6.07 Å². The molecule has 0 unspecified atom stereocenters. The Morgan fingerprint density at radius 2 is 1.71 bits per heavy atom. The molecule has 4 nitrogen and oxygen atoms in total. The molecule has 2 aromatic rings. The van der Waals surface area contributed by atoms with Crippen molar-refractivity contribution in [2.24, 2.45) is 4.99 Å². The standard InChI is InChI=1S/C30H35N3O/c1-8-31-23-13-9-21(10-14-23)26(22-11-15-24(16-12-22)32(4)5)20-29-30(2,3)27-19-25(34-7)17-18-28(27)33(29)6/h9-20H,8H2,1-7H3. The van der Waals surface area contributed by atoms with Crippen molar-refractivity contribution >= 4 is 22.7 Å². The van der Waals surface area contributed by atoms with Crippen LogP contribution in [0.5, 0.6) is 5.75 Å². The van der Waals surface area contributed by atoms with E-state index in [0.29, 0.717) is 0 Å². The molecule has 2 aliphatic rings. The van der Waals surface area contributed by atoms with E-state index in [2.05, 4.69) is 123 Å². The molecule has 0 radical (unpaired) electrons. The summed E-state index contributed by atoms with van der Waals surface area (Å²) in [7, 11) is 8.02. The van der Waals surface area contributed by atoms with E-state index >= 15 is 0 Å². The summed E-state index contributed by atoms with van der Waals surface area (Å²) in [5.74, 6) is 0.889. The van der Waals surface area contributed by atoms with Gasteiger partial charge in [-0.05, 0) is 77.8 Å². The van der Waals surface area contributed by atoms with Gasteiger partial charge in [0.2, 0.25) is 0 Å². The molecule has 0 spiro atoms. The van der Waals surface area contributed by atoms with Gasteiger partial charge in [-0.3, -0.25) is 4.99 Å². The number of fused-ring (bicyclic) bond motifs is 1. The highest BCUT2D eigenvalue weighted by Crippen LogP contribution is 2.49. The van der Waals surface area contributed by atoms with Crippen LogP contribution < -0.4 is 14.5 Å². The zero-order valence-corrected chi connectivity index (χ0v) is 21.4. The minimum absolute atomic E-state index is 0.162. The molecule has 176 valence electrons. The van der Waals surface area contributed by atoms with Gasteiger partial charge < -0.3 is 14.5 Å². The summed E-state index contributed by atoms with van der Waals surface area (Å²) < 4.78 is 5.53. The van der Waals surface area contributed by atoms with E-state index in [1.165, 1.54) is 39.3 Å². The van der Waals surface area contributed by atoms with E-state index < -0.39 is 0 Å². The van der Waals surface area contributed by atoms with Gasteiger partial charge >= 0.3 is 0 Å². The molecule has 0 saturated heterocycles. The highest BCUT2D eigenvalue weighted by molar-refractivity contribution is 6.07. The minimum atomic E-state index is -0.162. The number of allylic oxidation sites excluding steroid dienone is 8. The van der Waals surface area contributed by atoms with Gasteiger partial charge in [0.25, 0.3) is 0 Å². The Bertz CT molecular complexity index is 1210. The highest BCUT2D eigenvalue weighted by atomic mass is 16.5. The molecule has 0 fully saturated rings. The zero-order chi connectivity index (χ0) is 24.5. The summed E-state index contributed by atoms with van der Waals surface area (Å²) in [6, 6.07) is 15.1. The van der Waals surface area contributed by atoms with Crippen LogP contribution in [0, 0.1) is 0 Å². The van der Waals surface area contributed by atoms with Crippen molar-refractivity contribution in [2.45, 2.75) is 26.2 Å². The predicted octanol–water partition coefficient (Wildman–Crippen LogP) is 6.41. The Balaban J connectivity index is 1.86. The molecule has 0 N–H and O–H groups in total. The van der Waals surface area contributed by atoms with E-state index in [0.717, 1.165) is 18.0 Å². The largest absolute Gasteiger partial charge is 0.497 e.